The number of carbonyl (C=O) groups is 1. The summed E-state index contributed by atoms with van der Waals surface area (Å²) in [5, 5.41) is 6.67. The SMILES string of the molecule is C=CCOc1cccc(C(=O)NCc2nc(-c3ccccc3)no2)c1. The molecule has 0 saturated heterocycles. The van der Waals surface area contributed by atoms with E-state index in [0.717, 1.165) is 5.56 Å². The lowest BCUT2D eigenvalue weighted by Crippen LogP contribution is -2.22. The second-order valence-electron chi connectivity index (χ2n) is 5.19. The number of carbonyl (C=O) groups excluding carboxylic acids is 1. The minimum Gasteiger partial charge on any atom is -0.490 e. The zero-order valence-electron chi connectivity index (χ0n) is 13.5. The molecule has 1 aromatic heterocycles. The van der Waals surface area contributed by atoms with Gasteiger partial charge in [0, 0.05) is 11.1 Å². The predicted molar refractivity (Wildman–Crippen MR) is 93.0 cm³/mol. The van der Waals surface area contributed by atoms with E-state index in [1.54, 1.807) is 30.3 Å². The second-order valence-corrected chi connectivity index (χ2v) is 5.19. The normalized spacial score (nSPS) is 10.2. The maximum absolute atomic E-state index is 12.2. The smallest absolute Gasteiger partial charge is 0.251 e. The van der Waals surface area contributed by atoms with Crippen molar-refractivity contribution in [3.05, 3.63) is 78.7 Å². The highest BCUT2D eigenvalue weighted by Gasteiger charge is 2.11. The molecule has 0 saturated carbocycles. The second kappa shape index (κ2) is 7.92. The summed E-state index contributed by atoms with van der Waals surface area (Å²) in [5.41, 5.74) is 1.35. The summed E-state index contributed by atoms with van der Waals surface area (Å²) in [5.74, 6) is 1.19. The van der Waals surface area contributed by atoms with Gasteiger partial charge in [-0.2, -0.15) is 4.98 Å². The number of benzene rings is 2. The molecule has 0 bridgehead atoms. The van der Waals surface area contributed by atoms with Crippen LogP contribution in [0.3, 0.4) is 0 Å². The van der Waals surface area contributed by atoms with Crippen molar-refractivity contribution >= 4 is 5.91 Å². The Balaban J connectivity index is 1.61. The number of nitrogens with zero attached hydrogens (tertiary/aromatic N) is 2. The molecule has 3 aromatic rings. The molecule has 0 aliphatic heterocycles. The first-order chi connectivity index (χ1) is 12.3. The number of hydrogen-bond donors (Lipinski definition) is 1. The van der Waals surface area contributed by atoms with Gasteiger partial charge in [0.2, 0.25) is 11.7 Å². The van der Waals surface area contributed by atoms with Crippen LogP contribution >= 0.6 is 0 Å². The van der Waals surface area contributed by atoms with Gasteiger partial charge in [0.15, 0.2) is 0 Å². The van der Waals surface area contributed by atoms with Crippen molar-refractivity contribution in [2.45, 2.75) is 6.54 Å². The van der Waals surface area contributed by atoms with Crippen molar-refractivity contribution in [2.24, 2.45) is 0 Å². The monoisotopic (exact) mass is 335 g/mol. The van der Waals surface area contributed by atoms with Gasteiger partial charge in [0.05, 0.1) is 6.54 Å². The molecule has 0 radical (unpaired) electrons. The fourth-order valence-electron chi connectivity index (χ4n) is 2.17. The van der Waals surface area contributed by atoms with Gasteiger partial charge in [-0.25, -0.2) is 0 Å². The van der Waals surface area contributed by atoms with E-state index in [4.69, 9.17) is 9.26 Å². The maximum atomic E-state index is 12.2. The molecule has 6 nitrogen and oxygen atoms in total. The molecule has 0 aliphatic rings. The highest BCUT2D eigenvalue weighted by molar-refractivity contribution is 5.94. The van der Waals surface area contributed by atoms with E-state index in [0.29, 0.717) is 29.6 Å². The summed E-state index contributed by atoms with van der Waals surface area (Å²) in [6.45, 7) is 4.13. The van der Waals surface area contributed by atoms with Crippen LogP contribution in [0.5, 0.6) is 5.75 Å². The third kappa shape index (κ3) is 4.32. The summed E-state index contributed by atoms with van der Waals surface area (Å²) in [6.07, 6.45) is 1.65. The van der Waals surface area contributed by atoms with Crippen molar-refractivity contribution < 1.29 is 14.1 Å². The summed E-state index contributed by atoms with van der Waals surface area (Å²) in [7, 11) is 0. The summed E-state index contributed by atoms with van der Waals surface area (Å²) in [6, 6.07) is 16.4. The Morgan fingerprint density at radius 2 is 2.04 bits per heavy atom. The topological polar surface area (TPSA) is 77.2 Å². The van der Waals surface area contributed by atoms with Crippen molar-refractivity contribution in [3.63, 3.8) is 0 Å². The zero-order valence-corrected chi connectivity index (χ0v) is 13.5. The third-order valence-corrected chi connectivity index (χ3v) is 3.36. The molecular weight excluding hydrogens is 318 g/mol. The predicted octanol–water partition coefficient (Wildman–Crippen LogP) is 3.23. The van der Waals surface area contributed by atoms with Crippen LogP contribution in [-0.2, 0) is 6.54 Å². The average molecular weight is 335 g/mol. The Hall–Kier alpha value is -3.41. The first kappa shape index (κ1) is 16.4. The standard InChI is InChI=1S/C19H17N3O3/c1-2-11-24-16-10-6-9-15(12-16)19(23)20-13-17-21-18(22-25-17)14-7-4-3-5-8-14/h2-10,12H,1,11,13H2,(H,20,23). The molecule has 1 amide bonds. The minimum atomic E-state index is -0.247. The molecule has 25 heavy (non-hydrogen) atoms. The van der Waals surface area contributed by atoms with Gasteiger partial charge in [0.1, 0.15) is 12.4 Å². The van der Waals surface area contributed by atoms with E-state index in [-0.39, 0.29) is 12.5 Å². The van der Waals surface area contributed by atoms with E-state index in [9.17, 15) is 4.79 Å². The maximum Gasteiger partial charge on any atom is 0.251 e. The number of aromatic nitrogens is 2. The lowest BCUT2D eigenvalue weighted by molar-refractivity contribution is 0.0946. The molecule has 1 N–H and O–H groups in total. The lowest BCUT2D eigenvalue weighted by atomic mass is 10.2. The summed E-state index contributed by atoms with van der Waals surface area (Å²) < 4.78 is 10.6. The van der Waals surface area contributed by atoms with Crippen molar-refractivity contribution in [1.29, 1.82) is 0 Å². The van der Waals surface area contributed by atoms with Crippen LogP contribution in [0.1, 0.15) is 16.2 Å². The molecule has 0 fully saturated rings. The Bertz CT molecular complexity index is 859. The van der Waals surface area contributed by atoms with Gasteiger partial charge in [-0.3, -0.25) is 4.79 Å². The van der Waals surface area contributed by atoms with E-state index in [1.807, 2.05) is 30.3 Å². The van der Waals surface area contributed by atoms with Gasteiger partial charge in [-0.15, -0.1) is 0 Å². The van der Waals surface area contributed by atoms with Crippen molar-refractivity contribution in [1.82, 2.24) is 15.5 Å². The van der Waals surface area contributed by atoms with Gasteiger partial charge in [0.25, 0.3) is 5.91 Å². The minimum absolute atomic E-state index is 0.149. The molecule has 3 rings (SSSR count). The van der Waals surface area contributed by atoms with Crippen molar-refractivity contribution in [3.8, 4) is 17.1 Å². The Morgan fingerprint density at radius 3 is 2.84 bits per heavy atom. The fourth-order valence-corrected chi connectivity index (χ4v) is 2.17. The largest absolute Gasteiger partial charge is 0.490 e. The van der Waals surface area contributed by atoms with Gasteiger partial charge < -0.3 is 14.6 Å². The molecule has 1 heterocycles. The summed E-state index contributed by atoms with van der Waals surface area (Å²) >= 11 is 0. The number of rotatable bonds is 7. The first-order valence-corrected chi connectivity index (χ1v) is 7.76. The third-order valence-electron chi connectivity index (χ3n) is 3.36. The van der Waals surface area contributed by atoms with Crippen LogP contribution in [-0.4, -0.2) is 22.7 Å². The number of nitrogens with one attached hydrogen (secondary N) is 1. The van der Waals surface area contributed by atoms with Crippen LogP contribution in [0.15, 0.2) is 71.8 Å². The Morgan fingerprint density at radius 1 is 1.20 bits per heavy atom. The highest BCUT2D eigenvalue weighted by atomic mass is 16.5. The van der Waals surface area contributed by atoms with Gasteiger partial charge >= 0.3 is 0 Å². The van der Waals surface area contributed by atoms with Crippen molar-refractivity contribution in [2.75, 3.05) is 6.61 Å². The Labute approximate surface area is 145 Å². The van der Waals surface area contributed by atoms with Gasteiger partial charge in [-0.1, -0.05) is 54.2 Å². The number of hydrogen-bond acceptors (Lipinski definition) is 5. The molecular formula is C19H17N3O3. The van der Waals surface area contributed by atoms with E-state index < -0.39 is 0 Å². The zero-order chi connectivity index (χ0) is 17.5. The fraction of sp³-hybridized carbons (Fsp3) is 0.105. The number of ether oxygens (including phenoxy) is 1. The van der Waals surface area contributed by atoms with Crippen LogP contribution in [0.4, 0.5) is 0 Å². The molecule has 0 spiro atoms. The molecule has 0 aliphatic carbocycles. The molecule has 0 unspecified atom stereocenters. The van der Waals surface area contributed by atoms with Gasteiger partial charge in [-0.05, 0) is 18.2 Å². The molecule has 126 valence electrons. The quantitative estimate of drug-likeness (QED) is 0.671. The van der Waals surface area contributed by atoms with E-state index in [2.05, 4.69) is 22.0 Å². The molecule has 0 atom stereocenters. The first-order valence-electron chi connectivity index (χ1n) is 7.76. The average Bonchev–Trinajstić information content (AvgIpc) is 3.14. The highest BCUT2D eigenvalue weighted by Crippen LogP contribution is 2.15. The number of amides is 1. The van der Waals surface area contributed by atoms with E-state index >= 15 is 0 Å². The van der Waals surface area contributed by atoms with Crippen LogP contribution in [0, 0.1) is 0 Å². The molecule has 6 heteroatoms. The van der Waals surface area contributed by atoms with Crippen LogP contribution in [0.25, 0.3) is 11.4 Å². The Kier molecular flexibility index (Phi) is 5.21. The summed E-state index contributed by atoms with van der Waals surface area (Å²) in [4.78, 5) is 16.5. The lowest BCUT2D eigenvalue weighted by Gasteiger charge is -2.06. The van der Waals surface area contributed by atoms with Crippen LogP contribution in [0.2, 0.25) is 0 Å². The van der Waals surface area contributed by atoms with Crippen LogP contribution < -0.4 is 10.1 Å². The molecule has 2 aromatic carbocycles. The van der Waals surface area contributed by atoms with E-state index in [1.165, 1.54) is 0 Å².